The summed E-state index contributed by atoms with van der Waals surface area (Å²) in [5, 5.41) is 14.3. The highest BCUT2D eigenvalue weighted by Crippen LogP contribution is 2.31. The number of nitro groups is 1. The van der Waals surface area contributed by atoms with Crippen LogP contribution in [0.15, 0.2) is 6.33 Å². The van der Waals surface area contributed by atoms with Gasteiger partial charge in [0.15, 0.2) is 0 Å². The SMILES string of the molecule is COCCNc1ncnc(N2CCN(C)CC2)c1[N+](=O)[O-]. The van der Waals surface area contributed by atoms with Crippen LogP contribution in [0.2, 0.25) is 0 Å². The van der Waals surface area contributed by atoms with Crippen LogP contribution in [0.1, 0.15) is 0 Å². The molecule has 1 fully saturated rings. The molecule has 1 aliphatic rings. The predicted octanol–water partition coefficient (Wildman–Crippen LogP) is 0.195. The number of rotatable bonds is 6. The first-order valence-electron chi connectivity index (χ1n) is 6.79. The van der Waals surface area contributed by atoms with Gasteiger partial charge in [0, 0.05) is 39.8 Å². The van der Waals surface area contributed by atoms with Gasteiger partial charge < -0.3 is 19.9 Å². The van der Waals surface area contributed by atoms with Crippen molar-refractivity contribution < 1.29 is 9.66 Å². The van der Waals surface area contributed by atoms with E-state index in [1.54, 1.807) is 7.11 Å². The number of hydrogen-bond acceptors (Lipinski definition) is 8. The fourth-order valence-electron chi connectivity index (χ4n) is 2.19. The molecule has 0 saturated carbocycles. The van der Waals surface area contributed by atoms with E-state index in [-0.39, 0.29) is 11.5 Å². The second-order valence-electron chi connectivity index (χ2n) is 4.86. The molecule has 0 spiro atoms. The van der Waals surface area contributed by atoms with Crippen molar-refractivity contribution in [1.29, 1.82) is 0 Å². The number of likely N-dealkylation sites (N-methyl/N-ethyl adjacent to an activating group) is 1. The zero-order valence-corrected chi connectivity index (χ0v) is 12.3. The minimum absolute atomic E-state index is 0.0712. The molecular weight excluding hydrogens is 276 g/mol. The van der Waals surface area contributed by atoms with Crippen molar-refractivity contribution in [2.75, 3.05) is 63.7 Å². The first kappa shape index (κ1) is 15.4. The van der Waals surface area contributed by atoms with E-state index in [4.69, 9.17) is 4.74 Å². The standard InChI is InChI=1S/C12H20N6O3/c1-16-4-6-17(7-5-16)12-10(18(19)20)11(14-9-15-12)13-3-8-21-2/h9H,3-8H2,1-2H3,(H,13,14,15). The zero-order valence-electron chi connectivity index (χ0n) is 12.3. The van der Waals surface area contributed by atoms with Crippen LogP contribution < -0.4 is 10.2 Å². The summed E-state index contributed by atoms with van der Waals surface area (Å²) in [4.78, 5) is 23.2. The van der Waals surface area contributed by atoms with Gasteiger partial charge in [0.2, 0.25) is 11.6 Å². The zero-order chi connectivity index (χ0) is 15.2. The van der Waals surface area contributed by atoms with Gasteiger partial charge in [-0.1, -0.05) is 0 Å². The molecule has 116 valence electrons. The molecule has 1 aromatic heterocycles. The minimum Gasteiger partial charge on any atom is -0.383 e. The molecule has 1 aliphatic heterocycles. The van der Waals surface area contributed by atoms with Crippen molar-refractivity contribution >= 4 is 17.3 Å². The van der Waals surface area contributed by atoms with E-state index in [9.17, 15) is 10.1 Å². The molecule has 1 N–H and O–H groups in total. The van der Waals surface area contributed by atoms with Crippen molar-refractivity contribution in [3.05, 3.63) is 16.4 Å². The van der Waals surface area contributed by atoms with Crippen LogP contribution in [0.25, 0.3) is 0 Å². The normalized spacial score (nSPS) is 16.0. The van der Waals surface area contributed by atoms with Crippen LogP contribution in [-0.4, -0.2) is 73.3 Å². The first-order chi connectivity index (χ1) is 10.1. The van der Waals surface area contributed by atoms with Crippen LogP contribution in [-0.2, 0) is 4.74 Å². The van der Waals surface area contributed by atoms with E-state index in [1.165, 1.54) is 6.33 Å². The number of hydrogen-bond donors (Lipinski definition) is 1. The lowest BCUT2D eigenvalue weighted by Gasteiger charge is -2.32. The highest BCUT2D eigenvalue weighted by atomic mass is 16.6. The molecule has 0 bridgehead atoms. The third-order valence-corrected chi connectivity index (χ3v) is 3.39. The Morgan fingerprint density at radius 3 is 2.71 bits per heavy atom. The Hall–Kier alpha value is -2.00. The van der Waals surface area contributed by atoms with Gasteiger partial charge in [-0.25, -0.2) is 9.97 Å². The van der Waals surface area contributed by atoms with Crippen LogP contribution in [0.5, 0.6) is 0 Å². The largest absolute Gasteiger partial charge is 0.383 e. The molecule has 1 saturated heterocycles. The number of piperazine rings is 1. The van der Waals surface area contributed by atoms with Gasteiger partial charge in [0.25, 0.3) is 0 Å². The topological polar surface area (TPSA) is 96.7 Å². The van der Waals surface area contributed by atoms with E-state index in [2.05, 4.69) is 20.2 Å². The average Bonchev–Trinajstić information content (AvgIpc) is 2.48. The van der Waals surface area contributed by atoms with E-state index in [0.29, 0.717) is 32.1 Å². The van der Waals surface area contributed by atoms with Gasteiger partial charge in [0.05, 0.1) is 11.5 Å². The Labute approximate surface area is 123 Å². The maximum atomic E-state index is 11.4. The molecule has 0 aromatic carbocycles. The summed E-state index contributed by atoms with van der Waals surface area (Å²) in [7, 11) is 3.61. The number of anilines is 2. The molecule has 9 heteroatoms. The molecular formula is C12H20N6O3. The summed E-state index contributed by atoms with van der Waals surface area (Å²) in [5.41, 5.74) is -0.0712. The van der Waals surface area contributed by atoms with Crippen molar-refractivity contribution in [2.24, 2.45) is 0 Å². The van der Waals surface area contributed by atoms with E-state index in [1.807, 2.05) is 11.9 Å². The van der Waals surface area contributed by atoms with Gasteiger partial charge in [-0.05, 0) is 7.05 Å². The maximum Gasteiger partial charge on any atom is 0.353 e. The summed E-state index contributed by atoms with van der Waals surface area (Å²) >= 11 is 0. The average molecular weight is 296 g/mol. The number of ether oxygens (including phenoxy) is 1. The summed E-state index contributed by atoms with van der Waals surface area (Å²) in [6.45, 7) is 4.04. The van der Waals surface area contributed by atoms with Crippen molar-refractivity contribution in [2.45, 2.75) is 0 Å². The number of nitrogens with zero attached hydrogens (tertiary/aromatic N) is 5. The molecule has 9 nitrogen and oxygen atoms in total. The summed E-state index contributed by atoms with van der Waals surface area (Å²) in [6, 6.07) is 0. The number of aromatic nitrogens is 2. The molecule has 0 aliphatic carbocycles. The highest BCUT2D eigenvalue weighted by molar-refractivity contribution is 5.70. The molecule has 0 radical (unpaired) electrons. The third-order valence-electron chi connectivity index (χ3n) is 3.39. The van der Waals surface area contributed by atoms with Gasteiger partial charge >= 0.3 is 5.69 Å². The Morgan fingerprint density at radius 1 is 1.38 bits per heavy atom. The molecule has 0 unspecified atom stereocenters. The monoisotopic (exact) mass is 296 g/mol. The minimum atomic E-state index is -0.428. The second kappa shape index (κ2) is 7.14. The van der Waals surface area contributed by atoms with Gasteiger partial charge in [-0.2, -0.15) is 0 Å². The van der Waals surface area contributed by atoms with Crippen molar-refractivity contribution in [3.63, 3.8) is 0 Å². The van der Waals surface area contributed by atoms with Gasteiger partial charge in [-0.15, -0.1) is 0 Å². The van der Waals surface area contributed by atoms with Crippen LogP contribution >= 0.6 is 0 Å². The third kappa shape index (κ3) is 3.76. The quantitative estimate of drug-likeness (QED) is 0.451. The molecule has 0 amide bonds. The van der Waals surface area contributed by atoms with Crippen LogP contribution in [0.3, 0.4) is 0 Å². The van der Waals surface area contributed by atoms with Gasteiger partial charge in [-0.3, -0.25) is 10.1 Å². The van der Waals surface area contributed by atoms with Crippen LogP contribution in [0.4, 0.5) is 17.3 Å². The lowest BCUT2D eigenvalue weighted by Crippen LogP contribution is -2.45. The summed E-state index contributed by atoms with van der Waals surface area (Å²) < 4.78 is 4.93. The van der Waals surface area contributed by atoms with Gasteiger partial charge in [0.1, 0.15) is 6.33 Å². The Morgan fingerprint density at radius 2 is 2.10 bits per heavy atom. The van der Waals surface area contributed by atoms with E-state index in [0.717, 1.165) is 13.1 Å². The van der Waals surface area contributed by atoms with E-state index < -0.39 is 4.92 Å². The maximum absolute atomic E-state index is 11.4. The fourth-order valence-corrected chi connectivity index (χ4v) is 2.19. The Kier molecular flexibility index (Phi) is 5.23. The highest BCUT2D eigenvalue weighted by Gasteiger charge is 2.28. The van der Waals surface area contributed by atoms with Crippen LogP contribution in [0, 0.1) is 10.1 Å². The summed E-state index contributed by atoms with van der Waals surface area (Å²) in [6.07, 6.45) is 1.36. The number of methoxy groups -OCH3 is 1. The molecule has 0 atom stereocenters. The molecule has 2 rings (SSSR count). The lowest BCUT2D eigenvalue weighted by atomic mass is 10.3. The number of nitrogens with one attached hydrogen (secondary N) is 1. The van der Waals surface area contributed by atoms with E-state index >= 15 is 0 Å². The smallest absolute Gasteiger partial charge is 0.353 e. The molecule has 1 aromatic rings. The molecule has 2 heterocycles. The fraction of sp³-hybridized carbons (Fsp3) is 0.667. The lowest BCUT2D eigenvalue weighted by molar-refractivity contribution is -0.383. The second-order valence-corrected chi connectivity index (χ2v) is 4.86. The molecule has 21 heavy (non-hydrogen) atoms. The van der Waals surface area contributed by atoms with Crippen molar-refractivity contribution in [1.82, 2.24) is 14.9 Å². The Balaban J connectivity index is 2.23. The Bertz CT molecular complexity index is 490. The predicted molar refractivity (Wildman–Crippen MR) is 78.8 cm³/mol. The summed E-state index contributed by atoms with van der Waals surface area (Å²) in [5.74, 6) is 0.615. The van der Waals surface area contributed by atoms with Crippen molar-refractivity contribution in [3.8, 4) is 0 Å². The first-order valence-corrected chi connectivity index (χ1v) is 6.79.